The Morgan fingerprint density at radius 1 is 1.05 bits per heavy atom. The highest BCUT2D eigenvalue weighted by atomic mass is 16.1. The number of unbranched alkanes of at least 4 members (excludes halogenated alkanes) is 7. The van der Waals surface area contributed by atoms with Gasteiger partial charge in [0, 0.05) is 12.6 Å². The fourth-order valence-corrected chi connectivity index (χ4v) is 3.31. The van der Waals surface area contributed by atoms with Gasteiger partial charge in [-0.2, -0.15) is 0 Å². The lowest BCUT2D eigenvalue weighted by molar-refractivity contribution is -0.126. The summed E-state index contributed by atoms with van der Waals surface area (Å²) < 4.78 is 0. The lowest BCUT2D eigenvalue weighted by Crippen LogP contribution is -2.45. The zero-order chi connectivity index (χ0) is 15.5. The van der Waals surface area contributed by atoms with Crippen LogP contribution in [-0.2, 0) is 4.79 Å². The van der Waals surface area contributed by atoms with E-state index in [9.17, 15) is 4.79 Å². The van der Waals surface area contributed by atoms with Gasteiger partial charge in [-0.15, -0.1) is 0 Å². The molecule has 1 amide bonds. The Bertz CT molecular complexity index is 280. The average Bonchev–Trinajstić information content (AvgIpc) is 2.48. The molecule has 1 rings (SSSR count). The molecule has 3 heteroatoms. The van der Waals surface area contributed by atoms with Crippen molar-refractivity contribution in [3.63, 3.8) is 0 Å². The Labute approximate surface area is 131 Å². The largest absolute Gasteiger partial charge is 0.356 e. The topological polar surface area (TPSA) is 55.1 Å². The van der Waals surface area contributed by atoms with Gasteiger partial charge in [-0.05, 0) is 31.6 Å². The van der Waals surface area contributed by atoms with E-state index in [4.69, 9.17) is 5.73 Å². The van der Waals surface area contributed by atoms with Crippen molar-refractivity contribution in [1.29, 1.82) is 0 Å². The van der Waals surface area contributed by atoms with Gasteiger partial charge in [0.2, 0.25) is 5.91 Å². The Hall–Kier alpha value is -0.570. The fourth-order valence-electron chi connectivity index (χ4n) is 3.31. The summed E-state index contributed by atoms with van der Waals surface area (Å²) in [5.74, 6) is 0.878. The van der Waals surface area contributed by atoms with E-state index < -0.39 is 0 Å². The van der Waals surface area contributed by atoms with E-state index in [1.165, 1.54) is 51.4 Å². The van der Waals surface area contributed by atoms with Gasteiger partial charge in [0.25, 0.3) is 0 Å². The predicted molar refractivity (Wildman–Crippen MR) is 90.1 cm³/mol. The molecule has 0 spiro atoms. The summed E-state index contributed by atoms with van der Waals surface area (Å²) in [5, 5.41) is 3.10. The van der Waals surface area contributed by atoms with Crippen molar-refractivity contribution in [2.75, 3.05) is 6.54 Å². The van der Waals surface area contributed by atoms with E-state index in [-0.39, 0.29) is 17.9 Å². The van der Waals surface area contributed by atoms with Gasteiger partial charge in [-0.1, -0.05) is 58.8 Å². The average molecular weight is 296 g/mol. The first-order chi connectivity index (χ1) is 10.1. The maximum atomic E-state index is 12.2. The highest BCUT2D eigenvalue weighted by molar-refractivity contribution is 5.79. The molecule has 3 nitrogen and oxygen atoms in total. The minimum Gasteiger partial charge on any atom is -0.356 e. The van der Waals surface area contributed by atoms with Gasteiger partial charge in [0.05, 0.1) is 5.92 Å². The van der Waals surface area contributed by atoms with Crippen molar-refractivity contribution < 1.29 is 4.79 Å². The molecular formula is C18H36N2O. The van der Waals surface area contributed by atoms with Crippen LogP contribution in [0.1, 0.15) is 84.5 Å². The molecule has 1 fully saturated rings. The molecule has 1 aliphatic carbocycles. The number of hydrogen-bond donors (Lipinski definition) is 2. The van der Waals surface area contributed by atoms with Crippen molar-refractivity contribution in [3.8, 4) is 0 Å². The van der Waals surface area contributed by atoms with Gasteiger partial charge in [-0.3, -0.25) is 4.79 Å². The number of carbonyl (C=O) groups is 1. The maximum Gasteiger partial charge on any atom is 0.224 e. The molecule has 0 bridgehead atoms. The zero-order valence-electron chi connectivity index (χ0n) is 14.2. The van der Waals surface area contributed by atoms with Crippen molar-refractivity contribution in [2.24, 2.45) is 17.6 Å². The van der Waals surface area contributed by atoms with Crippen molar-refractivity contribution in [2.45, 2.75) is 90.5 Å². The van der Waals surface area contributed by atoms with Crippen LogP contribution in [0.4, 0.5) is 0 Å². The summed E-state index contributed by atoms with van der Waals surface area (Å²) in [7, 11) is 0. The Balaban J connectivity index is 2.00. The van der Waals surface area contributed by atoms with Crippen LogP contribution >= 0.6 is 0 Å². The van der Waals surface area contributed by atoms with Crippen LogP contribution < -0.4 is 11.1 Å². The molecular weight excluding hydrogens is 260 g/mol. The van der Waals surface area contributed by atoms with Gasteiger partial charge < -0.3 is 11.1 Å². The summed E-state index contributed by atoms with van der Waals surface area (Å²) in [4.78, 5) is 12.2. The van der Waals surface area contributed by atoms with Crippen molar-refractivity contribution in [1.82, 2.24) is 5.32 Å². The third-order valence-electron chi connectivity index (χ3n) is 4.83. The molecule has 1 aliphatic rings. The maximum absolute atomic E-state index is 12.2. The van der Waals surface area contributed by atoms with Crippen LogP contribution in [0, 0.1) is 11.8 Å². The Morgan fingerprint density at radius 2 is 1.67 bits per heavy atom. The van der Waals surface area contributed by atoms with Crippen LogP contribution in [0.3, 0.4) is 0 Å². The normalized spacial score (nSPS) is 25.8. The molecule has 0 saturated heterocycles. The van der Waals surface area contributed by atoms with E-state index in [1.807, 2.05) is 0 Å². The molecule has 21 heavy (non-hydrogen) atoms. The fraction of sp³-hybridized carbons (Fsp3) is 0.944. The number of carbonyl (C=O) groups excluding carboxylic acids is 1. The number of hydrogen-bond acceptors (Lipinski definition) is 2. The molecule has 3 N–H and O–H groups in total. The second kappa shape index (κ2) is 11.1. The molecule has 0 heterocycles. The summed E-state index contributed by atoms with van der Waals surface area (Å²) >= 11 is 0. The minimum atomic E-state index is 0.0443. The quantitative estimate of drug-likeness (QED) is 0.599. The zero-order valence-corrected chi connectivity index (χ0v) is 14.2. The minimum absolute atomic E-state index is 0.0443. The second-order valence-corrected chi connectivity index (χ2v) is 6.95. The second-order valence-electron chi connectivity index (χ2n) is 6.95. The number of rotatable bonds is 10. The number of nitrogens with two attached hydrogens (primary N) is 1. The van der Waals surface area contributed by atoms with Crippen molar-refractivity contribution >= 4 is 5.91 Å². The molecule has 1 saturated carbocycles. The van der Waals surface area contributed by atoms with Gasteiger partial charge >= 0.3 is 0 Å². The van der Waals surface area contributed by atoms with Crippen LogP contribution in [0.5, 0.6) is 0 Å². The van der Waals surface area contributed by atoms with E-state index in [2.05, 4.69) is 19.2 Å². The number of amides is 1. The third kappa shape index (κ3) is 7.85. The van der Waals surface area contributed by atoms with Crippen LogP contribution in [0.15, 0.2) is 0 Å². The first-order valence-electron chi connectivity index (χ1n) is 9.18. The molecule has 0 radical (unpaired) electrons. The smallest absolute Gasteiger partial charge is 0.224 e. The van der Waals surface area contributed by atoms with Gasteiger partial charge in [-0.25, -0.2) is 0 Å². The predicted octanol–water partition coefficient (Wildman–Crippen LogP) is 4.01. The lowest BCUT2D eigenvalue weighted by atomic mass is 9.79. The van der Waals surface area contributed by atoms with Gasteiger partial charge in [0.1, 0.15) is 0 Å². The molecule has 0 aliphatic heterocycles. The molecule has 3 unspecified atom stereocenters. The van der Waals surface area contributed by atoms with Crippen molar-refractivity contribution in [3.05, 3.63) is 0 Å². The summed E-state index contributed by atoms with van der Waals surface area (Å²) in [6, 6.07) is 0.0692. The first-order valence-corrected chi connectivity index (χ1v) is 9.18. The van der Waals surface area contributed by atoms with E-state index in [0.29, 0.717) is 5.92 Å². The van der Waals surface area contributed by atoms with Crippen LogP contribution in [0.2, 0.25) is 0 Å². The monoisotopic (exact) mass is 296 g/mol. The first kappa shape index (κ1) is 18.5. The summed E-state index contributed by atoms with van der Waals surface area (Å²) in [6.45, 7) is 5.30. The van der Waals surface area contributed by atoms with E-state index >= 15 is 0 Å². The van der Waals surface area contributed by atoms with Crippen LogP contribution in [0.25, 0.3) is 0 Å². The highest BCUT2D eigenvalue weighted by Gasteiger charge is 2.31. The molecule has 124 valence electrons. The van der Waals surface area contributed by atoms with Gasteiger partial charge in [0.15, 0.2) is 0 Å². The molecule has 0 aromatic carbocycles. The third-order valence-corrected chi connectivity index (χ3v) is 4.83. The van der Waals surface area contributed by atoms with E-state index in [0.717, 1.165) is 25.8 Å². The lowest BCUT2D eigenvalue weighted by Gasteiger charge is -2.31. The van der Waals surface area contributed by atoms with Crippen LogP contribution in [-0.4, -0.2) is 18.5 Å². The Morgan fingerprint density at radius 3 is 2.33 bits per heavy atom. The number of nitrogens with one attached hydrogen (secondary N) is 1. The SMILES string of the molecule is CCCCCCCCCCNC(=O)C1CC(C)CCC1N. The molecule has 0 aromatic rings. The Kier molecular flexibility index (Phi) is 9.73. The highest BCUT2D eigenvalue weighted by Crippen LogP contribution is 2.27. The molecule has 3 atom stereocenters. The summed E-state index contributed by atoms with van der Waals surface area (Å²) in [5.41, 5.74) is 6.09. The van der Waals surface area contributed by atoms with E-state index in [1.54, 1.807) is 0 Å². The molecule has 0 aromatic heterocycles. The summed E-state index contributed by atoms with van der Waals surface area (Å²) in [6.07, 6.45) is 13.6. The standard InChI is InChI=1S/C18H36N2O/c1-3-4-5-6-7-8-9-10-13-20-18(21)16-14-15(2)11-12-17(16)19/h15-17H,3-14,19H2,1-2H3,(H,20,21).